The molecule has 0 aliphatic carbocycles. The molecular weight excluding hydrogens is 238 g/mol. The van der Waals surface area contributed by atoms with Crippen molar-refractivity contribution in [1.29, 1.82) is 0 Å². The van der Waals surface area contributed by atoms with E-state index in [9.17, 15) is 8.78 Å². The van der Waals surface area contributed by atoms with Crippen molar-refractivity contribution in [2.75, 3.05) is 12.4 Å². The monoisotopic (exact) mass is 250 g/mol. The standard InChI is InChI=1S/C13H12F2N2O/c1-18-13-4-2-3-12(17-13)16-8-9-7-10(14)5-6-11(9)15/h2-7H,8H2,1H3,(H,16,17). The number of anilines is 1. The van der Waals surface area contributed by atoms with Crippen molar-refractivity contribution in [3.8, 4) is 5.88 Å². The first-order valence-electron chi connectivity index (χ1n) is 5.38. The zero-order valence-electron chi connectivity index (χ0n) is 9.78. The first-order valence-corrected chi connectivity index (χ1v) is 5.38. The minimum absolute atomic E-state index is 0.157. The first-order chi connectivity index (χ1) is 8.69. The van der Waals surface area contributed by atoms with Crippen LogP contribution in [0.5, 0.6) is 5.88 Å². The van der Waals surface area contributed by atoms with Crippen molar-refractivity contribution in [2.45, 2.75) is 6.54 Å². The van der Waals surface area contributed by atoms with Crippen molar-refractivity contribution in [3.63, 3.8) is 0 Å². The van der Waals surface area contributed by atoms with Gasteiger partial charge in [0.05, 0.1) is 7.11 Å². The molecule has 0 bridgehead atoms. The van der Waals surface area contributed by atoms with E-state index in [0.717, 1.165) is 18.2 Å². The van der Waals surface area contributed by atoms with Gasteiger partial charge in [0, 0.05) is 18.2 Å². The molecule has 2 aromatic rings. The Morgan fingerprint density at radius 1 is 1.22 bits per heavy atom. The lowest BCUT2D eigenvalue weighted by Gasteiger charge is -2.07. The number of halogens is 2. The molecule has 0 spiro atoms. The highest BCUT2D eigenvalue weighted by Gasteiger charge is 2.04. The lowest BCUT2D eigenvalue weighted by atomic mass is 10.2. The van der Waals surface area contributed by atoms with Crippen molar-refractivity contribution < 1.29 is 13.5 Å². The number of ether oxygens (including phenoxy) is 1. The molecule has 0 aliphatic rings. The van der Waals surface area contributed by atoms with Crippen molar-refractivity contribution in [2.24, 2.45) is 0 Å². The predicted molar refractivity (Wildman–Crippen MR) is 64.5 cm³/mol. The highest BCUT2D eigenvalue weighted by molar-refractivity contribution is 5.38. The molecule has 0 aliphatic heterocycles. The Labute approximate surface area is 103 Å². The fourth-order valence-electron chi connectivity index (χ4n) is 1.49. The second-order valence-electron chi connectivity index (χ2n) is 3.65. The van der Waals surface area contributed by atoms with Crippen LogP contribution in [0.2, 0.25) is 0 Å². The summed E-state index contributed by atoms with van der Waals surface area (Å²) in [6.07, 6.45) is 0. The largest absolute Gasteiger partial charge is 0.481 e. The average Bonchev–Trinajstić information content (AvgIpc) is 2.40. The molecule has 1 heterocycles. The molecule has 1 aromatic carbocycles. The van der Waals surface area contributed by atoms with E-state index in [0.29, 0.717) is 11.7 Å². The molecule has 0 saturated heterocycles. The highest BCUT2D eigenvalue weighted by Crippen LogP contribution is 2.14. The van der Waals surface area contributed by atoms with Crippen LogP contribution in [0.25, 0.3) is 0 Å². The average molecular weight is 250 g/mol. The molecule has 18 heavy (non-hydrogen) atoms. The summed E-state index contributed by atoms with van der Waals surface area (Å²) >= 11 is 0. The van der Waals surface area contributed by atoms with Gasteiger partial charge < -0.3 is 10.1 Å². The Balaban J connectivity index is 2.08. The molecule has 0 amide bonds. The van der Waals surface area contributed by atoms with Crippen LogP contribution in [0.1, 0.15) is 5.56 Å². The summed E-state index contributed by atoms with van der Waals surface area (Å²) in [7, 11) is 1.51. The van der Waals surface area contributed by atoms with Gasteiger partial charge in [0.25, 0.3) is 0 Å². The van der Waals surface area contributed by atoms with Gasteiger partial charge in [0.15, 0.2) is 0 Å². The molecule has 5 heteroatoms. The van der Waals surface area contributed by atoms with Gasteiger partial charge in [-0.05, 0) is 24.3 Å². The number of benzene rings is 1. The molecule has 0 unspecified atom stereocenters. The number of pyridine rings is 1. The van der Waals surface area contributed by atoms with Crippen LogP contribution in [0, 0.1) is 11.6 Å². The molecule has 0 fully saturated rings. The van der Waals surface area contributed by atoms with E-state index >= 15 is 0 Å². The molecular formula is C13H12F2N2O. The number of nitrogens with one attached hydrogen (secondary N) is 1. The van der Waals surface area contributed by atoms with Crippen molar-refractivity contribution in [3.05, 3.63) is 53.6 Å². The molecule has 1 N–H and O–H groups in total. The van der Waals surface area contributed by atoms with E-state index in [2.05, 4.69) is 10.3 Å². The van der Waals surface area contributed by atoms with Gasteiger partial charge in [-0.3, -0.25) is 0 Å². The van der Waals surface area contributed by atoms with Gasteiger partial charge in [0.2, 0.25) is 5.88 Å². The van der Waals surface area contributed by atoms with E-state index in [4.69, 9.17) is 4.74 Å². The van der Waals surface area contributed by atoms with Gasteiger partial charge in [0.1, 0.15) is 17.5 Å². The van der Waals surface area contributed by atoms with Crippen LogP contribution in [0.4, 0.5) is 14.6 Å². The number of hydrogen-bond acceptors (Lipinski definition) is 3. The molecule has 1 aromatic heterocycles. The highest BCUT2D eigenvalue weighted by atomic mass is 19.1. The van der Waals surface area contributed by atoms with Crippen LogP contribution in [-0.4, -0.2) is 12.1 Å². The Hall–Kier alpha value is -2.17. The maximum atomic E-state index is 13.4. The summed E-state index contributed by atoms with van der Waals surface area (Å²) in [4.78, 5) is 4.11. The number of rotatable bonds is 4. The third kappa shape index (κ3) is 2.94. The van der Waals surface area contributed by atoms with Crippen LogP contribution in [-0.2, 0) is 6.54 Å². The first kappa shape index (κ1) is 12.3. The second kappa shape index (κ2) is 5.44. The van der Waals surface area contributed by atoms with E-state index in [1.165, 1.54) is 7.11 Å². The molecule has 94 valence electrons. The smallest absolute Gasteiger partial charge is 0.214 e. The summed E-state index contributed by atoms with van der Waals surface area (Å²) in [6, 6.07) is 8.53. The van der Waals surface area contributed by atoms with E-state index in [1.54, 1.807) is 18.2 Å². The van der Waals surface area contributed by atoms with Crippen molar-refractivity contribution >= 4 is 5.82 Å². The van der Waals surface area contributed by atoms with Crippen LogP contribution >= 0.6 is 0 Å². The molecule has 0 radical (unpaired) electrons. The lowest BCUT2D eigenvalue weighted by molar-refractivity contribution is 0.398. The Kier molecular flexibility index (Phi) is 3.72. The van der Waals surface area contributed by atoms with Crippen LogP contribution in [0.15, 0.2) is 36.4 Å². The minimum Gasteiger partial charge on any atom is -0.481 e. The van der Waals surface area contributed by atoms with Crippen LogP contribution < -0.4 is 10.1 Å². The molecule has 3 nitrogen and oxygen atoms in total. The topological polar surface area (TPSA) is 34.1 Å². The van der Waals surface area contributed by atoms with E-state index < -0.39 is 11.6 Å². The summed E-state index contributed by atoms with van der Waals surface area (Å²) in [5, 5.41) is 2.91. The second-order valence-corrected chi connectivity index (χ2v) is 3.65. The third-order valence-electron chi connectivity index (χ3n) is 2.40. The fourth-order valence-corrected chi connectivity index (χ4v) is 1.49. The number of hydrogen-bond donors (Lipinski definition) is 1. The third-order valence-corrected chi connectivity index (χ3v) is 2.40. The summed E-state index contributed by atoms with van der Waals surface area (Å²) < 4.78 is 31.3. The Bertz CT molecular complexity index is 546. The fraction of sp³-hybridized carbons (Fsp3) is 0.154. The predicted octanol–water partition coefficient (Wildman–Crippen LogP) is 2.98. The molecule has 2 rings (SSSR count). The van der Waals surface area contributed by atoms with E-state index in [1.807, 2.05) is 0 Å². The maximum Gasteiger partial charge on any atom is 0.214 e. The van der Waals surface area contributed by atoms with Crippen molar-refractivity contribution in [1.82, 2.24) is 4.98 Å². The lowest BCUT2D eigenvalue weighted by Crippen LogP contribution is -2.04. The quantitative estimate of drug-likeness (QED) is 0.905. The molecule has 0 saturated carbocycles. The SMILES string of the molecule is COc1cccc(NCc2cc(F)ccc2F)n1. The Morgan fingerprint density at radius 3 is 2.83 bits per heavy atom. The summed E-state index contributed by atoms with van der Waals surface area (Å²) in [6.45, 7) is 0.157. The number of nitrogens with zero attached hydrogens (tertiary/aromatic N) is 1. The number of aromatic nitrogens is 1. The Morgan fingerprint density at radius 2 is 2.06 bits per heavy atom. The maximum absolute atomic E-state index is 13.4. The normalized spacial score (nSPS) is 10.2. The van der Waals surface area contributed by atoms with Gasteiger partial charge in [-0.1, -0.05) is 6.07 Å². The summed E-state index contributed by atoms with van der Waals surface area (Å²) in [5.74, 6) is 0.0799. The zero-order chi connectivity index (χ0) is 13.0. The summed E-state index contributed by atoms with van der Waals surface area (Å²) in [5.41, 5.74) is 0.250. The van der Waals surface area contributed by atoms with Gasteiger partial charge in [-0.2, -0.15) is 4.98 Å². The number of methoxy groups -OCH3 is 1. The zero-order valence-corrected chi connectivity index (χ0v) is 9.78. The van der Waals surface area contributed by atoms with Gasteiger partial charge in [-0.15, -0.1) is 0 Å². The molecule has 0 atom stereocenters. The minimum atomic E-state index is -0.466. The van der Waals surface area contributed by atoms with Gasteiger partial charge in [-0.25, -0.2) is 8.78 Å². The van der Waals surface area contributed by atoms with E-state index in [-0.39, 0.29) is 12.1 Å². The van der Waals surface area contributed by atoms with Gasteiger partial charge >= 0.3 is 0 Å². The van der Waals surface area contributed by atoms with Crippen LogP contribution in [0.3, 0.4) is 0 Å².